The molecular formula is C49H36N4O. The molecule has 0 aliphatic rings. The highest BCUT2D eigenvalue weighted by atomic mass is 16.3. The largest absolute Gasteiger partial charge is 0.456 e. The first-order valence-electron chi connectivity index (χ1n) is 18.7. The van der Waals surface area contributed by atoms with Gasteiger partial charge in [-0.1, -0.05) is 141 Å². The van der Waals surface area contributed by atoms with Crippen LogP contribution in [0.4, 0.5) is 0 Å². The Morgan fingerprint density at radius 3 is 1.67 bits per heavy atom. The van der Waals surface area contributed by atoms with Crippen LogP contribution in [-0.2, 0) is 6.42 Å². The quantitative estimate of drug-likeness (QED) is 0.159. The molecule has 10 rings (SSSR count). The summed E-state index contributed by atoms with van der Waals surface area (Å²) in [7, 11) is 0. The molecule has 0 aliphatic heterocycles. The molecule has 5 nitrogen and oxygen atoms in total. The summed E-state index contributed by atoms with van der Waals surface area (Å²) in [4.78, 5) is 15.3. The molecule has 3 heterocycles. The molecule has 0 saturated carbocycles. The van der Waals surface area contributed by atoms with Crippen molar-refractivity contribution in [2.45, 2.75) is 26.2 Å². The molecule has 0 N–H and O–H groups in total. The molecule has 0 saturated heterocycles. The van der Waals surface area contributed by atoms with Crippen molar-refractivity contribution in [3.63, 3.8) is 0 Å². The zero-order valence-corrected chi connectivity index (χ0v) is 29.9. The summed E-state index contributed by atoms with van der Waals surface area (Å²) in [5.74, 6) is 1.83. The molecular weight excluding hydrogens is 661 g/mol. The first-order chi connectivity index (χ1) is 26.7. The summed E-state index contributed by atoms with van der Waals surface area (Å²) in [5, 5.41) is 4.54. The minimum Gasteiger partial charge on any atom is -0.456 e. The number of fused-ring (bicyclic) bond motifs is 6. The summed E-state index contributed by atoms with van der Waals surface area (Å²) in [6.45, 7) is 2.23. The minimum absolute atomic E-state index is 0.572. The number of aromatic nitrogens is 4. The van der Waals surface area contributed by atoms with E-state index in [1.54, 1.807) is 0 Å². The Morgan fingerprint density at radius 1 is 0.444 bits per heavy atom. The van der Waals surface area contributed by atoms with Crippen molar-refractivity contribution in [1.82, 2.24) is 19.5 Å². The third-order valence-corrected chi connectivity index (χ3v) is 10.5. The number of furan rings is 1. The van der Waals surface area contributed by atoms with Crippen molar-refractivity contribution in [2.75, 3.05) is 0 Å². The van der Waals surface area contributed by atoms with Crippen LogP contribution in [0.1, 0.15) is 25.3 Å². The second kappa shape index (κ2) is 13.3. The number of hydrogen-bond donors (Lipinski definition) is 0. The van der Waals surface area contributed by atoms with Gasteiger partial charge < -0.3 is 4.42 Å². The van der Waals surface area contributed by atoms with Crippen LogP contribution in [-0.4, -0.2) is 19.5 Å². The van der Waals surface area contributed by atoms with Crippen LogP contribution in [0.3, 0.4) is 0 Å². The summed E-state index contributed by atoms with van der Waals surface area (Å²) in [6.07, 6.45) is 3.43. The number of aryl methyl sites for hydroxylation is 1. The van der Waals surface area contributed by atoms with Gasteiger partial charge in [0.2, 0.25) is 5.95 Å². The van der Waals surface area contributed by atoms with Gasteiger partial charge >= 0.3 is 0 Å². The first kappa shape index (κ1) is 31.9. The topological polar surface area (TPSA) is 56.7 Å². The van der Waals surface area contributed by atoms with E-state index in [4.69, 9.17) is 19.4 Å². The van der Waals surface area contributed by atoms with Gasteiger partial charge in [-0.25, -0.2) is 4.98 Å². The molecule has 5 heteroatoms. The van der Waals surface area contributed by atoms with Crippen LogP contribution in [0.5, 0.6) is 0 Å². The Labute approximate surface area is 313 Å². The number of unbranched alkanes of at least 4 members (excludes halogenated alkanes) is 1. The average molecular weight is 697 g/mol. The summed E-state index contributed by atoms with van der Waals surface area (Å²) >= 11 is 0. The highest BCUT2D eigenvalue weighted by Crippen LogP contribution is 2.39. The lowest BCUT2D eigenvalue weighted by Crippen LogP contribution is -2.06. The second-order valence-corrected chi connectivity index (χ2v) is 13.9. The Bertz CT molecular complexity index is 2910. The van der Waals surface area contributed by atoms with Gasteiger partial charge in [0, 0.05) is 32.7 Å². The standard InChI is InChI=1S/C49H36N4O/c1-2-3-13-32-20-24-40-41-26-22-38(31-46(41)54-45(40)28-32)36-23-27-43-42(29-36)39-25-21-37(33-14-7-4-8-15-33)30-44(39)53(43)49-51-47(34-16-9-5-10-17-34)50-48(52-49)35-18-11-6-12-19-35/h4-12,14-31H,2-3,13H2,1H3. The summed E-state index contributed by atoms with van der Waals surface area (Å²) < 4.78 is 8.67. The van der Waals surface area contributed by atoms with E-state index in [0.717, 1.165) is 83.5 Å². The Morgan fingerprint density at radius 2 is 1.00 bits per heavy atom. The van der Waals surface area contributed by atoms with Gasteiger partial charge in [0.1, 0.15) is 11.2 Å². The van der Waals surface area contributed by atoms with Crippen LogP contribution in [0.2, 0.25) is 0 Å². The fourth-order valence-corrected chi connectivity index (χ4v) is 7.66. The predicted molar refractivity (Wildman–Crippen MR) is 222 cm³/mol. The van der Waals surface area contributed by atoms with Crippen molar-refractivity contribution in [3.05, 3.63) is 169 Å². The van der Waals surface area contributed by atoms with Gasteiger partial charge in [-0.05, 0) is 77.1 Å². The highest BCUT2D eigenvalue weighted by Gasteiger charge is 2.20. The van der Waals surface area contributed by atoms with Crippen LogP contribution in [0.15, 0.2) is 168 Å². The van der Waals surface area contributed by atoms with E-state index in [1.165, 1.54) is 18.4 Å². The molecule has 0 atom stereocenters. The van der Waals surface area contributed by atoms with Crippen LogP contribution < -0.4 is 0 Å². The molecule has 0 unspecified atom stereocenters. The zero-order chi connectivity index (χ0) is 36.0. The maximum atomic E-state index is 6.48. The van der Waals surface area contributed by atoms with E-state index in [2.05, 4.69) is 115 Å². The van der Waals surface area contributed by atoms with Crippen LogP contribution in [0, 0.1) is 0 Å². The van der Waals surface area contributed by atoms with E-state index < -0.39 is 0 Å². The molecule has 258 valence electrons. The fourth-order valence-electron chi connectivity index (χ4n) is 7.66. The molecule has 3 aromatic heterocycles. The monoisotopic (exact) mass is 696 g/mol. The molecule has 0 bridgehead atoms. The molecule has 54 heavy (non-hydrogen) atoms. The number of benzene rings is 7. The lowest BCUT2D eigenvalue weighted by molar-refractivity contribution is 0.667. The number of hydrogen-bond acceptors (Lipinski definition) is 4. The van der Waals surface area contributed by atoms with Crippen molar-refractivity contribution in [3.8, 4) is 51.0 Å². The van der Waals surface area contributed by atoms with Gasteiger partial charge in [0.15, 0.2) is 11.6 Å². The van der Waals surface area contributed by atoms with Gasteiger partial charge in [-0.15, -0.1) is 0 Å². The maximum absolute atomic E-state index is 6.48. The summed E-state index contributed by atoms with van der Waals surface area (Å²) in [5.41, 5.74) is 11.6. The van der Waals surface area contributed by atoms with Crippen molar-refractivity contribution < 1.29 is 4.42 Å². The van der Waals surface area contributed by atoms with Gasteiger partial charge in [0.25, 0.3) is 0 Å². The second-order valence-electron chi connectivity index (χ2n) is 13.9. The Kier molecular flexibility index (Phi) is 7.84. The lowest BCUT2D eigenvalue weighted by atomic mass is 10.00. The highest BCUT2D eigenvalue weighted by molar-refractivity contribution is 6.12. The van der Waals surface area contributed by atoms with Crippen molar-refractivity contribution in [1.29, 1.82) is 0 Å². The first-order valence-corrected chi connectivity index (χ1v) is 18.7. The number of rotatable bonds is 8. The van der Waals surface area contributed by atoms with E-state index in [-0.39, 0.29) is 0 Å². The van der Waals surface area contributed by atoms with Gasteiger partial charge in [0.05, 0.1) is 11.0 Å². The molecule has 10 aromatic rings. The zero-order valence-electron chi connectivity index (χ0n) is 29.9. The molecule has 7 aromatic carbocycles. The normalized spacial score (nSPS) is 11.6. The molecule has 0 fully saturated rings. The third kappa shape index (κ3) is 5.62. The van der Waals surface area contributed by atoms with Crippen LogP contribution >= 0.6 is 0 Å². The minimum atomic E-state index is 0.572. The Hall–Kier alpha value is -6.85. The van der Waals surface area contributed by atoms with E-state index >= 15 is 0 Å². The van der Waals surface area contributed by atoms with Crippen molar-refractivity contribution in [2.24, 2.45) is 0 Å². The van der Waals surface area contributed by atoms with E-state index in [0.29, 0.717) is 17.6 Å². The lowest BCUT2D eigenvalue weighted by Gasteiger charge is -2.11. The molecule has 0 radical (unpaired) electrons. The smallest absolute Gasteiger partial charge is 0.238 e. The van der Waals surface area contributed by atoms with Gasteiger partial charge in [-0.3, -0.25) is 4.57 Å². The van der Waals surface area contributed by atoms with E-state index in [1.807, 2.05) is 60.7 Å². The van der Waals surface area contributed by atoms with Gasteiger partial charge in [-0.2, -0.15) is 9.97 Å². The Balaban J connectivity index is 1.17. The maximum Gasteiger partial charge on any atom is 0.238 e. The molecule has 0 amide bonds. The SMILES string of the molecule is CCCCc1ccc2c(c1)oc1cc(-c3ccc4c(c3)c3ccc(-c5ccccc5)cc3n4-c3nc(-c4ccccc4)nc(-c4ccccc4)n3)ccc12. The molecule has 0 aliphatic carbocycles. The summed E-state index contributed by atoms with van der Waals surface area (Å²) in [6, 6.07) is 57.4. The molecule has 0 spiro atoms. The number of nitrogens with zero attached hydrogens (tertiary/aromatic N) is 4. The fraction of sp³-hybridized carbons (Fsp3) is 0.0816. The predicted octanol–water partition coefficient (Wildman–Crippen LogP) is 12.9. The van der Waals surface area contributed by atoms with Crippen LogP contribution in [0.25, 0.3) is 94.7 Å². The third-order valence-electron chi connectivity index (χ3n) is 10.5. The van der Waals surface area contributed by atoms with E-state index in [9.17, 15) is 0 Å². The van der Waals surface area contributed by atoms with Crippen molar-refractivity contribution >= 4 is 43.7 Å². The average Bonchev–Trinajstić information content (AvgIpc) is 3.77.